The number of nitrogen functional groups attached to an aromatic ring is 1. The van der Waals surface area contributed by atoms with E-state index in [1.807, 2.05) is 7.05 Å². The minimum Gasteiger partial charge on any atom is -0.383 e. The number of benzene rings is 1. The van der Waals surface area contributed by atoms with Crippen molar-refractivity contribution >= 4 is 5.82 Å². The van der Waals surface area contributed by atoms with Gasteiger partial charge in [-0.3, -0.25) is 4.68 Å². The minimum atomic E-state index is 0.194. The lowest BCUT2D eigenvalue weighted by molar-refractivity contribution is 0.405. The lowest BCUT2D eigenvalue weighted by atomic mass is 9.88. The van der Waals surface area contributed by atoms with Gasteiger partial charge in [-0.15, -0.1) is 0 Å². The van der Waals surface area contributed by atoms with Gasteiger partial charge >= 0.3 is 0 Å². The maximum atomic E-state index is 6.20. The van der Waals surface area contributed by atoms with Crippen molar-refractivity contribution in [3.05, 3.63) is 35.5 Å². The van der Waals surface area contributed by atoms with Crippen molar-refractivity contribution in [1.82, 2.24) is 9.78 Å². The molecule has 2 rings (SSSR count). The number of anilines is 1. The predicted octanol–water partition coefficient (Wildman–Crippen LogP) is 3.57. The topological polar surface area (TPSA) is 43.8 Å². The standard InChI is InChI=1S/C16H23N3/c1-11-7-6-8-12(9-11)14-13(10-16(2,3)4)18-19(5)15(14)17/h6-9H,10,17H2,1-5H3. The Morgan fingerprint density at radius 3 is 2.53 bits per heavy atom. The van der Waals surface area contributed by atoms with E-state index in [-0.39, 0.29) is 5.41 Å². The van der Waals surface area contributed by atoms with Gasteiger partial charge in [-0.05, 0) is 24.3 Å². The molecule has 0 saturated carbocycles. The van der Waals surface area contributed by atoms with Crippen LogP contribution in [0.4, 0.5) is 5.82 Å². The minimum absolute atomic E-state index is 0.194. The molecule has 0 fully saturated rings. The van der Waals surface area contributed by atoms with Crippen LogP contribution in [0.5, 0.6) is 0 Å². The summed E-state index contributed by atoms with van der Waals surface area (Å²) in [7, 11) is 1.90. The van der Waals surface area contributed by atoms with Gasteiger partial charge in [-0.2, -0.15) is 5.10 Å². The SMILES string of the molecule is Cc1cccc(-c2c(CC(C)(C)C)nn(C)c2N)c1. The summed E-state index contributed by atoms with van der Waals surface area (Å²) in [5.41, 5.74) is 11.0. The van der Waals surface area contributed by atoms with Crippen molar-refractivity contribution in [1.29, 1.82) is 0 Å². The molecule has 2 N–H and O–H groups in total. The highest BCUT2D eigenvalue weighted by molar-refractivity contribution is 5.77. The summed E-state index contributed by atoms with van der Waals surface area (Å²) in [6.45, 7) is 8.76. The molecule has 0 bridgehead atoms. The number of aryl methyl sites for hydroxylation is 2. The van der Waals surface area contributed by atoms with Crippen LogP contribution >= 0.6 is 0 Å². The first-order chi connectivity index (χ1) is 8.78. The summed E-state index contributed by atoms with van der Waals surface area (Å²) in [5, 5.41) is 4.59. The molecule has 0 spiro atoms. The van der Waals surface area contributed by atoms with Gasteiger partial charge in [0.25, 0.3) is 0 Å². The molecule has 0 unspecified atom stereocenters. The molecule has 1 aromatic carbocycles. The Balaban J connectivity index is 2.55. The fourth-order valence-corrected chi connectivity index (χ4v) is 2.34. The van der Waals surface area contributed by atoms with Crippen LogP contribution in [0.2, 0.25) is 0 Å². The Hall–Kier alpha value is -1.77. The Morgan fingerprint density at radius 2 is 1.95 bits per heavy atom. The van der Waals surface area contributed by atoms with Crippen LogP contribution in [-0.2, 0) is 13.5 Å². The molecule has 0 aliphatic heterocycles. The van der Waals surface area contributed by atoms with E-state index in [2.05, 4.69) is 57.1 Å². The molecule has 0 amide bonds. The van der Waals surface area contributed by atoms with Gasteiger partial charge in [0.1, 0.15) is 5.82 Å². The third kappa shape index (κ3) is 2.98. The molecule has 1 heterocycles. The Labute approximate surface area is 115 Å². The Bertz CT molecular complexity index is 589. The molecule has 3 nitrogen and oxygen atoms in total. The van der Waals surface area contributed by atoms with Gasteiger partial charge in [-0.25, -0.2) is 0 Å². The largest absolute Gasteiger partial charge is 0.383 e. The maximum absolute atomic E-state index is 6.20. The van der Waals surface area contributed by atoms with Crippen molar-refractivity contribution in [2.75, 3.05) is 5.73 Å². The van der Waals surface area contributed by atoms with Gasteiger partial charge in [0.2, 0.25) is 0 Å². The van der Waals surface area contributed by atoms with E-state index in [0.29, 0.717) is 0 Å². The zero-order valence-corrected chi connectivity index (χ0v) is 12.5. The lowest BCUT2D eigenvalue weighted by Gasteiger charge is -2.17. The van der Waals surface area contributed by atoms with E-state index in [9.17, 15) is 0 Å². The first-order valence-electron chi connectivity index (χ1n) is 6.66. The third-order valence-electron chi connectivity index (χ3n) is 3.17. The lowest BCUT2D eigenvalue weighted by Crippen LogP contribution is -2.10. The second kappa shape index (κ2) is 4.72. The van der Waals surface area contributed by atoms with E-state index in [4.69, 9.17) is 5.73 Å². The normalized spacial score (nSPS) is 11.8. The van der Waals surface area contributed by atoms with Crippen LogP contribution in [-0.4, -0.2) is 9.78 Å². The van der Waals surface area contributed by atoms with Gasteiger partial charge in [0.05, 0.1) is 5.69 Å². The molecule has 19 heavy (non-hydrogen) atoms. The van der Waals surface area contributed by atoms with E-state index in [0.717, 1.165) is 29.1 Å². The van der Waals surface area contributed by atoms with Crippen LogP contribution in [0.1, 0.15) is 32.0 Å². The molecule has 2 aromatic rings. The fourth-order valence-electron chi connectivity index (χ4n) is 2.34. The van der Waals surface area contributed by atoms with Crippen LogP contribution in [0.25, 0.3) is 11.1 Å². The number of rotatable bonds is 2. The van der Waals surface area contributed by atoms with E-state index >= 15 is 0 Å². The number of hydrogen-bond acceptors (Lipinski definition) is 2. The summed E-state index contributed by atoms with van der Waals surface area (Å²) in [4.78, 5) is 0. The third-order valence-corrected chi connectivity index (χ3v) is 3.17. The van der Waals surface area contributed by atoms with E-state index < -0.39 is 0 Å². The molecule has 0 aliphatic carbocycles. The molecule has 1 aromatic heterocycles. The number of nitrogens with two attached hydrogens (primary N) is 1. The summed E-state index contributed by atoms with van der Waals surface area (Å²) >= 11 is 0. The van der Waals surface area contributed by atoms with E-state index in [1.165, 1.54) is 5.56 Å². The van der Waals surface area contributed by atoms with Crippen molar-refractivity contribution in [2.24, 2.45) is 12.5 Å². The summed E-state index contributed by atoms with van der Waals surface area (Å²) in [5.74, 6) is 0.741. The van der Waals surface area contributed by atoms with Gasteiger partial charge in [-0.1, -0.05) is 50.6 Å². The molecule has 3 heteroatoms. The summed E-state index contributed by atoms with van der Waals surface area (Å²) in [6, 6.07) is 8.43. The second-order valence-corrected chi connectivity index (χ2v) is 6.44. The molecule has 102 valence electrons. The monoisotopic (exact) mass is 257 g/mol. The van der Waals surface area contributed by atoms with Crippen LogP contribution < -0.4 is 5.73 Å². The molecular weight excluding hydrogens is 234 g/mol. The van der Waals surface area contributed by atoms with Crippen molar-refractivity contribution in [3.8, 4) is 11.1 Å². The highest BCUT2D eigenvalue weighted by Crippen LogP contribution is 2.33. The second-order valence-electron chi connectivity index (χ2n) is 6.44. The zero-order valence-electron chi connectivity index (χ0n) is 12.5. The van der Waals surface area contributed by atoms with E-state index in [1.54, 1.807) is 4.68 Å². The Kier molecular flexibility index (Phi) is 3.40. The fraction of sp³-hybridized carbons (Fsp3) is 0.438. The number of nitrogens with zero attached hydrogens (tertiary/aromatic N) is 2. The highest BCUT2D eigenvalue weighted by atomic mass is 15.3. The number of aromatic nitrogens is 2. The molecule has 0 aliphatic rings. The quantitative estimate of drug-likeness (QED) is 0.894. The van der Waals surface area contributed by atoms with Gasteiger partial charge in [0.15, 0.2) is 0 Å². The maximum Gasteiger partial charge on any atom is 0.129 e. The zero-order chi connectivity index (χ0) is 14.2. The smallest absolute Gasteiger partial charge is 0.129 e. The van der Waals surface area contributed by atoms with Gasteiger partial charge in [0, 0.05) is 12.6 Å². The van der Waals surface area contributed by atoms with Crippen LogP contribution in [0.15, 0.2) is 24.3 Å². The van der Waals surface area contributed by atoms with Crippen LogP contribution in [0.3, 0.4) is 0 Å². The van der Waals surface area contributed by atoms with Crippen LogP contribution in [0, 0.1) is 12.3 Å². The molecular formula is C16H23N3. The average Bonchev–Trinajstić information content (AvgIpc) is 2.52. The van der Waals surface area contributed by atoms with Crippen molar-refractivity contribution in [2.45, 2.75) is 34.1 Å². The predicted molar refractivity (Wildman–Crippen MR) is 81.0 cm³/mol. The molecule has 0 saturated heterocycles. The first kappa shape index (κ1) is 13.7. The molecule has 0 atom stereocenters. The van der Waals surface area contributed by atoms with Crippen molar-refractivity contribution < 1.29 is 0 Å². The first-order valence-corrected chi connectivity index (χ1v) is 6.66. The Morgan fingerprint density at radius 1 is 1.26 bits per heavy atom. The van der Waals surface area contributed by atoms with Gasteiger partial charge < -0.3 is 5.73 Å². The molecule has 0 radical (unpaired) electrons. The summed E-state index contributed by atoms with van der Waals surface area (Å²) in [6.07, 6.45) is 0.918. The average molecular weight is 257 g/mol. The number of hydrogen-bond donors (Lipinski definition) is 1. The summed E-state index contributed by atoms with van der Waals surface area (Å²) < 4.78 is 1.78. The highest BCUT2D eigenvalue weighted by Gasteiger charge is 2.21. The van der Waals surface area contributed by atoms with Crippen molar-refractivity contribution in [3.63, 3.8) is 0 Å².